The Morgan fingerprint density at radius 1 is 1.20 bits per heavy atom. The number of hydrogen-bond acceptors (Lipinski definition) is 3. The Hall–Kier alpha value is -2.33. The number of hydrogen-bond donors (Lipinski definition) is 1. The summed E-state index contributed by atoms with van der Waals surface area (Å²) in [4.78, 5) is 4.67. The molecule has 0 amide bonds. The van der Waals surface area contributed by atoms with Crippen molar-refractivity contribution in [3.05, 3.63) is 48.8 Å². The summed E-state index contributed by atoms with van der Waals surface area (Å²) in [6.45, 7) is 3.34. The van der Waals surface area contributed by atoms with Crippen LogP contribution < -0.4 is 10.1 Å². The quantitative estimate of drug-likeness (QED) is 0.767. The number of benzene rings is 2. The normalized spacial score (nSPS) is 20.7. The molecule has 0 unspecified atom stereocenters. The summed E-state index contributed by atoms with van der Waals surface area (Å²) in [5.41, 5.74) is 1.18. The minimum absolute atomic E-state index is 0.523. The van der Waals surface area contributed by atoms with Crippen LogP contribution in [-0.2, 0) is 0 Å². The first-order valence-corrected chi connectivity index (χ1v) is 9.13. The standard InChI is InChI=1S/C21H25N3O/c1-3-18-14-19(8-9-22-18)24-11-10-23-21(24)17-5-4-16-13-20(25-2)7-6-15(16)12-17/h4-7,10-13,18-19,22H,3,8-9,14H2,1-2H3/t18-,19+/m0/s1. The van der Waals surface area contributed by atoms with Crippen LogP contribution in [0.2, 0.25) is 0 Å². The van der Waals surface area contributed by atoms with Crippen molar-refractivity contribution >= 4 is 10.8 Å². The van der Waals surface area contributed by atoms with Gasteiger partial charge in [-0.2, -0.15) is 0 Å². The van der Waals surface area contributed by atoms with E-state index in [9.17, 15) is 0 Å². The summed E-state index contributed by atoms with van der Waals surface area (Å²) in [6, 6.07) is 13.9. The Morgan fingerprint density at radius 3 is 2.88 bits per heavy atom. The van der Waals surface area contributed by atoms with E-state index in [0.29, 0.717) is 12.1 Å². The molecule has 2 atom stereocenters. The van der Waals surface area contributed by atoms with Crippen LogP contribution in [0.5, 0.6) is 5.75 Å². The smallest absolute Gasteiger partial charge is 0.140 e. The van der Waals surface area contributed by atoms with Gasteiger partial charge >= 0.3 is 0 Å². The fourth-order valence-electron chi connectivity index (χ4n) is 3.87. The number of methoxy groups -OCH3 is 1. The van der Waals surface area contributed by atoms with Crippen LogP contribution >= 0.6 is 0 Å². The van der Waals surface area contributed by atoms with Gasteiger partial charge < -0.3 is 14.6 Å². The molecule has 4 heteroatoms. The largest absolute Gasteiger partial charge is 0.497 e. The average Bonchev–Trinajstić information content (AvgIpc) is 3.17. The minimum atomic E-state index is 0.523. The molecule has 130 valence electrons. The third-order valence-electron chi connectivity index (χ3n) is 5.33. The van der Waals surface area contributed by atoms with E-state index in [1.807, 2.05) is 12.3 Å². The zero-order chi connectivity index (χ0) is 17.2. The monoisotopic (exact) mass is 335 g/mol. The summed E-state index contributed by atoms with van der Waals surface area (Å²) in [5.74, 6) is 1.96. The number of piperidine rings is 1. The van der Waals surface area contributed by atoms with E-state index in [1.54, 1.807) is 7.11 Å². The van der Waals surface area contributed by atoms with E-state index < -0.39 is 0 Å². The van der Waals surface area contributed by atoms with E-state index in [1.165, 1.54) is 29.2 Å². The Labute approximate surface area is 148 Å². The van der Waals surface area contributed by atoms with Crippen LogP contribution in [0.1, 0.15) is 32.2 Å². The van der Waals surface area contributed by atoms with Gasteiger partial charge in [0.25, 0.3) is 0 Å². The summed E-state index contributed by atoms with van der Waals surface area (Å²) >= 11 is 0. The van der Waals surface area contributed by atoms with Gasteiger partial charge in [0, 0.05) is 30.0 Å². The minimum Gasteiger partial charge on any atom is -0.497 e. The lowest BCUT2D eigenvalue weighted by Crippen LogP contribution is -2.38. The molecule has 1 saturated heterocycles. The highest BCUT2D eigenvalue weighted by Crippen LogP contribution is 2.31. The Kier molecular flexibility index (Phi) is 4.45. The van der Waals surface area contributed by atoms with Gasteiger partial charge in [0.05, 0.1) is 7.11 Å². The van der Waals surface area contributed by atoms with Gasteiger partial charge in [0.1, 0.15) is 11.6 Å². The lowest BCUT2D eigenvalue weighted by molar-refractivity contribution is 0.297. The van der Waals surface area contributed by atoms with E-state index in [4.69, 9.17) is 4.74 Å². The first-order valence-electron chi connectivity index (χ1n) is 9.13. The molecule has 4 nitrogen and oxygen atoms in total. The van der Waals surface area contributed by atoms with E-state index in [2.05, 4.69) is 58.3 Å². The molecule has 25 heavy (non-hydrogen) atoms. The van der Waals surface area contributed by atoms with E-state index in [-0.39, 0.29) is 0 Å². The predicted molar refractivity (Wildman–Crippen MR) is 102 cm³/mol. The summed E-state index contributed by atoms with van der Waals surface area (Å²) in [7, 11) is 1.70. The van der Waals surface area contributed by atoms with Crippen molar-refractivity contribution in [2.24, 2.45) is 0 Å². The van der Waals surface area contributed by atoms with Gasteiger partial charge in [-0.05, 0) is 54.8 Å². The maximum absolute atomic E-state index is 5.32. The molecule has 0 spiro atoms. The molecule has 0 bridgehead atoms. The number of imidazole rings is 1. The Morgan fingerprint density at radius 2 is 2.04 bits per heavy atom. The molecule has 1 aliphatic rings. The lowest BCUT2D eigenvalue weighted by atomic mass is 9.97. The molecule has 2 aromatic carbocycles. The number of fused-ring (bicyclic) bond motifs is 1. The Balaban J connectivity index is 1.68. The highest BCUT2D eigenvalue weighted by Gasteiger charge is 2.23. The van der Waals surface area contributed by atoms with Crippen molar-refractivity contribution in [1.82, 2.24) is 14.9 Å². The van der Waals surface area contributed by atoms with Gasteiger partial charge in [0.15, 0.2) is 0 Å². The van der Waals surface area contributed by atoms with Crippen molar-refractivity contribution in [2.45, 2.75) is 38.3 Å². The van der Waals surface area contributed by atoms with Gasteiger partial charge in [0.2, 0.25) is 0 Å². The molecular weight excluding hydrogens is 310 g/mol. The molecular formula is C21H25N3O. The van der Waals surface area contributed by atoms with E-state index >= 15 is 0 Å². The second kappa shape index (κ2) is 6.89. The van der Waals surface area contributed by atoms with Gasteiger partial charge in [-0.25, -0.2) is 4.98 Å². The maximum Gasteiger partial charge on any atom is 0.140 e. The van der Waals surface area contributed by atoms with Crippen molar-refractivity contribution < 1.29 is 4.74 Å². The Bertz CT molecular complexity index is 870. The molecule has 0 radical (unpaired) electrons. The van der Waals surface area contributed by atoms with Crippen LogP contribution in [0.4, 0.5) is 0 Å². The molecule has 0 saturated carbocycles. The zero-order valence-corrected chi connectivity index (χ0v) is 14.9. The second-order valence-electron chi connectivity index (χ2n) is 6.82. The van der Waals surface area contributed by atoms with E-state index in [0.717, 1.165) is 24.5 Å². The maximum atomic E-state index is 5.32. The van der Waals surface area contributed by atoms with Crippen LogP contribution in [-0.4, -0.2) is 29.2 Å². The molecule has 4 rings (SSSR count). The summed E-state index contributed by atoms with van der Waals surface area (Å²) in [6.07, 6.45) is 7.57. The average molecular weight is 335 g/mol. The van der Waals surface area contributed by atoms with Crippen LogP contribution in [0, 0.1) is 0 Å². The van der Waals surface area contributed by atoms with Crippen molar-refractivity contribution in [1.29, 1.82) is 0 Å². The van der Waals surface area contributed by atoms with Gasteiger partial charge in [-0.3, -0.25) is 0 Å². The first kappa shape index (κ1) is 16.2. The molecule has 3 aromatic rings. The summed E-state index contributed by atoms with van der Waals surface area (Å²) < 4.78 is 7.69. The van der Waals surface area contributed by atoms with Crippen LogP contribution in [0.25, 0.3) is 22.2 Å². The fourth-order valence-corrected chi connectivity index (χ4v) is 3.87. The van der Waals surface area contributed by atoms with Crippen LogP contribution in [0.15, 0.2) is 48.8 Å². The number of aromatic nitrogens is 2. The van der Waals surface area contributed by atoms with Crippen molar-refractivity contribution in [2.75, 3.05) is 13.7 Å². The van der Waals surface area contributed by atoms with Crippen molar-refractivity contribution in [3.63, 3.8) is 0 Å². The molecule has 1 aliphatic heterocycles. The highest BCUT2D eigenvalue weighted by molar-refractivity contribution is 5.87. The molecule has 1 N–H and O–H groups in total. The highest BCUT2D eigenvalue weighted by atomic mass is 16.5. The third-order valence-corrected chi connectivity index (χ3v) is 5.33. The topological polar surface area (TPSA) is 39.1 Å². The second-order valence-corrected chi connectivity index (χ2v) is 6.82. The number of nitrogens with one attached hydrogen (secondary N) is 1. The molecule has 0 aliphatic carbocycles. The number of nitrogens with zero attached hydrogens (tertiary/aromatic N) is 2. The predicted octanol–water partition coefficient (Wildman–Crippen LogP) is 4.42. The summed E-state index contributed by atoms with van der Waals surface area (Å²) in [5, 5.41) is 6.01. The fraction of sp³-hybridized carbons (Fsp3) is 0.381. The first-order chi connectivity index (χ1) is 12.3. The number of ether oxygens (including phenoxy) is 1. The lowest BCUT2D eigenvalue weighted by Gasteiger charge is -2.31. The van der Waals surface area contributed by atoms with Crippen molar-refractivity contribution in [3.8, 4) is 17.1 Å². The number of rotatable bonds is 4. The molecule has 1 aromatic heterocycles. The molecule has 2 heterocycles. The van der Waals surface area contributed by atoms with Crippen LogP contribution in [0.3, 0.4) is 0 Å². The van der Waals surface area contributed by atoms with Gasteiger partial charge in [-0.1, -0.05) is 25.1 Å². The third kappa shape index (κ3) is 3.14. The zero-order valence-electron chi connectivity index (χ0n) is 14.9. The van der Waals surface area contributed by atoms with Gasteiger partial charge in [-0.15, -0.1) is 0 Å². The SMILES string of the molecule is CC[C@H]1C[C@H](n2ccnc2-c2ccc3cc(OC)ccc3c2)CCN1. The molecule has 1 fully saturated rings.